The van der Waals surface area contributed by atoms with Crippen LogP contribution in [-0.2, 0) is 14.8 Å². The van der Waals surface area contributed by atoms with Crippen LogP contribution < -0.4 is 0 Å². The second kappa shape index (κ2) is 5.95. The maximum atomic E-state index is 12.2. The summed E-state index contributed by atoms with van der Waals surface area (Å²) < 4.78 is 25.3. The third kappa shape index (κ3) is 3.07. The average molecular weight is 288 g/mol. The van der Waals surface area contributed by atoms with E-state index < -0.39 is 22.0 Å². The van der Waals surface area contributed by atoms with Crippen molar-refractivity contribution < 1.29 is 18.3 Å². The Balaban J connectivity index is 3.11. The van der Waals surface area contributed by atoms with E-state index >= 15 is 0 Å². The summed E-state index contributed by atoms with van der Waals surface area (Å²) in [7, 11) is -3.85. The first kappa shape index (κ1) is 14.6. The number of rotatable bonds is 6. The van der Waals surface area contributed by atoms with Crippen LogP contribution in [0.25, 0.3) is 0 Å². The van der Waals surface area contributed by atoms with E-state index in [1.807, 2.05) is 6.07 Å². The quantitative estimate of drug-likeness (QED) is 0.846. The molecule has 0 saturated heterocycles. The Labute approximate surface area is 109 Å². The fourth-order valence-electron chi connectivity index (χ4n) is 1.33. The number of sulfonamides is 1. The summed E-state index contributed by atoms with van der Waals surface area (Å²) >= 11 is 1.02. The van der Waals surface area contributed by atoms with Crippen molar-refractivity contribution in [3.05, 3.63) is 17.5 Å². The van der Waals surface area contributed by atoms with Gasteiger partial charge in [-0.3, -0.25) is 4.79 Å². The molecule has 0 bridgehead atoms. The summed E-state index contributed by atoms with van der Waals surface area (Å²) in [5.74, 6) is -1.24. The van der Waals surface area contributed by atoms with Gasteiger partial charge in [0.25, 0.3) is 10.0 Å². The van der Waals surface area contributed by atoms with Crippen molar-refractivity contribution in [2.24, 2.45) is 0 Å². The minimum absolute atomic E-state index is 0.0533. The third-order valence-electron chi connectivity index (χ3n) is 2.29. The topological polar surface area (TPSA) is 98.5 Å². The zero-order valence-corrected chi connectivity index (χ0v) is 11.2. The van der Waals surface area contributed by atoms with E-state index in [9.17, 15) is 13.2 Å². The number of nitriles is 1. The van der Waals surface area contributed by atoms with Crippen molar-refractivity contribution in [1.29, 1.82) is 5.26 Å². The van der Waals surface area contributed by atoms with Crippen molar-refractivity contribution in [1.82, 2.24) is 4.31 Å². The molecule has 1 heterocycles. The number of carbonyl (C=O) groups is 1. The van der Waals surface area contributed by atoms with Crippen molar-refractivity contribution in [2.45, 2.75) is 23.6 Å². The van der Waals surface area contributed by atoms with E-state index in [0.29, 0.717) is 0 Å². The SMILES string of the molecule is CC(C(=O)O)N(CCC#N)S(=O)(=O)c1cccs1. The monoisotopic (exact) mass is 288 g/mol. The van der Waals surface area contributed by atoms with Crippen LogP contribution in [0, 0.1) is 11.3 Å². The number of carboxylic acid groups (broad SMARTS) is 1. The second-order valence-electron chi connectivity index (χ2n) is 3.47. The molecule has 0 radical (unpaired) electrons. The molecule has 1 unspecified atom stereocenters. The first-order valence-corrected chi connectivity index (χ1v) is 7.38. The zero-order valence-electron chi connectivity index (χ0n) is 9.61. The van der Waals surface area contributed by atoms with Crippen LogP contribution in [-0.4, -0.2) is 36.4 Å². The lowest BCUT2D eigenvalue weighted by atomic mass is 10.3. The van der Waals surface area contributed by atoms with E-state index in [0.717, 1.165) is 15.6 Å². The highest BCUT2D eigenvalue weighted by atomic mass is 32.2. The van der Waals surface area contributed by atoms with E-state index in [-0.39, 0.29) is 17.2 Å². The lowest BCUT2D eigenvalue weighted by Crippen LogP contribution is -2.43. The predicted octanol–water partition coefficient (Wildman–Crippen LogP) is 1.13. The molecule has 1 N–H and O–H groups in total. The fourth-order valence-corrected chi connectivity index (χ4v) is 4.04. The van der Waals surface area contributed by atoms with E-state index in [4.69, 9.17) is 10.4 Å². The normalized spacial score (nSPS) is 13.2. The molecule has 0 aliphatic heterocycles. The molecule has 0 fully saturated rings. The number of nitrogens with zero attached hydrogens (tertiary/aromatic N) is 2. The van der Waals surface area contributed by atoms with Gasteiger partial charge in [0, 0.05) is 13.0 Å². The minimum atomic E-state index is -3.85. The summed E-state index contributed by atoms with van der Waals surface area (Å²) in [6.45, 7) is 1.15. The summed E-state index contributed by atoms with van der Waals surface area (Å²) in [6.07, 6.45) is -0.0533. The maximum absolute atomic E-state index is 12.2. The van der Waals surface area contributed by atoms with Gasteiger partial charge in [-0.15, -0.1) is 11.3 Å². The molecule has 98 valence electrons. The molecule has 0 aliphatic rings. The summed E-state index contributed by atoms with van der Waals surface area (Å²) in [5, 5.41) is 19.0. The molecule has 0 saturated carbocycles. The lowest BCUT2D eigenvalue weighted by Gasteiger charge is -2.23. The Hall–Kier alpha value is -1.43. The Bertz CT molecular complexity index is 545. The van der Waals surface area contributed by atoms with E-state index in [1.165, 1.54) is 13.0 Å². The van der Waals surface area contributed by atoms with Crippen LogP contribution in [0.1, 0.15) is 13.3 Å². The summed E-state index contributed by atoms with van der Waals surface area (Å²) in [4.78, 5) is 10.9. The predicted molar refractivity (Wildman–Crippen MR) is 65.5 cm³/mol. The average Bonchev–Trinajstić information content (AvgIpc) is 2.82. The molecule has 1 rings (SSSR count). The highest BCUT2D eigenvalue weighted by Crippen LogP contribution is 2.23. The molecular formula is C10H12N2O4S2. The summed E-state index contributed by atoms with van der Waals surface area (Å²) in [5.41, 5.74) is 0. The van der Waals surface area contributed by atoms with Gasteiger partial charge >= 0.3 is 5.97 Å². The zero-order chi connectivity index (χ0) is 13.8. The molecule has 0 aromatic carbocycles. The van der Waals surface area contributed by atoms with Crippen LogP contribution in [0.5, 0.6) is 0 Å². The highest BCUT2D eigenvalue weighted by Gasteiger charge is 2.33. The van der Waals surface area contributed by atoms with Crippen molar-refractivity contribution >= 4 is 27.3 Å². The van der Waals surface area contributed by atoms with Crippen LogP contribution in [0.2, 0.25) is 0 Å². The number of hydrogen-bond donors (Lipinski definition) is 1. The van der Waals surface area contributed by atoms with Gasteiger partial charge in [0.2, 0.25) is 0 Å². The molecule has 8 heteroatoms. The number of aliphatic carboxylic acids is 1. The molecule has 0 spiro atoms. The van der Waals surface area contributed by atoms with Crippen LogP contribution >= 0.6 is 11.3 Å². The van der Waals surface area contributed by atoms with Crippen LogP contribution in [0.4, 0.5) is 0 Å². The number of thiophene rings is 1. The first-order valence-electron chi connectivity index (χ1n) is 5.06. The van der Waals surface area contributed by atoms with Crippen molar-refractivity contribution in [3.8, 4) is 6.07 Å². The van der Waals surface area contributed by atoms with Gasteiger partial charge in [-0.05, 0) is 18.4 Å². The van der Waals surface area contributed by atoms with Crippen molar-refractivity contribution in [3.63, 3.8) is 0 Å². The molecular weight excluding hydrogens is 276 g/mol. The summed E-state index contributed by atoms with van der Waals surface area (Å²) in [6, 6.07) is 3.60. The largest absolute Gasteiger partial charge is 0.480 e. The molecule has 1 aromatic heterocycles. The van der Waals surface area contributed by atoms with Gasteiger partial charge in [-0.25, -0.2) is 8.42 Å². The van der Waals surface area contributed by atoms with Gasteiger partial charge < -0.3 is 5.11 Å². The van der Waals surface area contributed by atoms with Crippen molar-refractivity contribution in [2.75, 3.05) is 6.54 Å². The lowest BCUT2D eigenvalue weighted by molar-refractivity contribution is -0.140. The standard InChI is InChI=1S/C10H12N2O4S2/c1-8(10(13)14)12(6-3-5-11)18(15,16)9-4-2-7-17-9/h2,4,7-8H,3,6H2,1H3,(H,13,14). The van der Waals surface area contributed by atoms with E-state index in [1.54, 1.807) is 11.4 Å². The molecule has 1 aromatic rings. The minimum Gasteiger partial charge on any atom is -0.480 e. The molecule has 18 heavy (non-hydrogen) atoms. The Morgan fingerprint density at radius 3 is 2.78 bits per heavy atom. The Morgan fingerprint density at radius 2 is 2.33 bits per heavy atom. The molecule has 1 atom stereocenters. The number of hydrogen-bond acceptors (Lipinski definition) is 5. The second-order valence-corrected chi connectivity index (χ2v) is 6.54. The van der Waals surface area contributed by atoms with Gasteiger partial charge in [0.05, 0.1) is 6.07 Å². The molecule has 6 nitrogen and oxygen atoms in total. The Morgan fingerprint density at radius 1 is 1.67 bits per heavy atom. The van der Waals surface area contributed by atoms with Gasteiger partial charge in [0.15, 0.2) is 0 Å². The van der Waals surface area contributed by atoms with Gasteiger partial charge in [-0.2, -0.15) is 9.57 Å². The fraction of sp³-hybridized carbons (Fsp3) is 0.400. The smallest absolute Gasteiger partial charge is 0.321 e. The Kier molecular flexibility index (Phi) is 4.84. The van der Waals surface area contributed by atoms with E-state index in [2.05, 4.69) is 0 Å². The molecule has 0 amide bonds. The van der Waals surface area contributed by atoms with Gasteiger partial charge in [-0.1, -0.05) is 6.07 Å². The third-order valence-corrected chi connectivity index (χ3v) is 5.63. The number of carboxylic acids is 1. The van der Waals surface area contributed by atoms with Crippen LogP contribution in [0.3, 0.4) is 0 Å². The first-order chi connectivity index (χ1) is 8.41. The highest BCUT2D eigenvalue weighted by molar-refractivity contribution is 7.91. The molecule has 0 aliphatic carbocycles. The van der Waals surface area contributed by atoms with Crippen LogP contribution in [0.15, 0.2) is 21.7 Å². The van der Waals surface area contributed by atoms with Gasteiger partial charge in [0.1, 0.15) is 10.3 Å². The maximum Gasteiger partial charge on any atom is 0.321 e.